The van der Waals surface area contributed by atoms with E-state index in [9.17, 15) is 4.79 Å². The summed E-state index contributed by atoms with van der Waals surface area (Å²) in [6.07, 6.45) is 4.12. The van der Waals surface area contributed by atoms with Crippen molar-refractivity contribution in [2.45, 2.75) is 51.5 Å². The van der Waals surface area contributed by atoms with E-state index in [1.54, 1.807) is 7.11 Å². The molecule has 0 aliphatic carbocycles. The monoisotopic (exact) mass is 427 g/mol. The fourth-order valence-electron chi connectivity index (χ4n) is 3.85. The van der Waals surface area contributed by atoms with Crippen LogP contribution in [0, 0.1) is 5.92 Å². The quantitative estimate of drug-likeness (QED) is 0.462. The van der Waals surface area contributed by atoms with E-state index in [4.69, 9.17) is 9.47 Å². The Morgan fingerprint density at radius 1 is 1.17 bits per heavy atom. The van der Waals surface area contributed by atoms with Crippen LogP contribution in [-0.2, 0) is 11.4 Å². The van der Waals surface area contributed by atoms with Gasteiger partial charge in [0.05, 0.1) is 7.11 Å². The molecule has 5 heteroatoms. The highest BCUT2D eigenvalue weighted by Crippen LogP contribution is 2.42. The topological polar surface area (TPSA) is 38.8 Å². The van der Waals surface area contributed by atoms with Crippen LogP contribution in [-0.4, -0.2) is 30.2 Å². The van der Waals surface area contributed by atoms with E-state index in [1.807, 2.05) is 54.2 Å². The van der Waals surface area contributed by atoms with E-state index < -0.39 is 0 Å². The molecule has 0 spiro atoms. The standard InChI is InChI=1S/C25H33NO3S/c1-4-6-12-20(5-2)24(27)26-15-16-30-25(26)21-13-14-22(28-3)23(17-21)29-18-19-10-8-7-9-11-19/h7-11,13-14,17,20,25H,4-6,12,15-16,18H2,1-3H3/t20-,25-/m1/s1. The van der Waals surface area contributed by atoms with Gasteiger partial charge in [0.15, 0.2) is 11.5 Å². The Morgan fingerprint density at radius 3 is 2.67 bits per heavy atom. The predicted molar refractivity (Wildman–Crippen MR) is 124 cm³/mol. The van der Waals surface area contributed by atoms with Gasteiger partial charge in [0.2, 0.25) is 5.91 Å². The fraction of sp³-hybridized carbons (Fsp3) is 0.480. The highest BCUT2D eigenvalue weighted by Gasteiger charge is 2.34. The van der Waals surface area contributed by atoms with E-state index >= 15 is 0 Å². The highest BCUT2D eigenvalue weighted by atomic mass is 32.2. The number of ether oxygens (including phenoxy) is 2. The molecular weight excluding hydrogens is 394 g/mol. The van der Waals surface area contributed by atoms with Crippen LogP contribution >= 0.6 is 11.8 Å². The maximum Gasteiger partial charge on any atom is 0.226 e. The molecule has 2 aromatic carbocycles. The average Bonchev–Trinajstić information content (AvgIpc) is 3.28. The summed E-state index contributed by atoms with van der Waals surface area (Å²) < 4.78 is 11.6. The van der Waals surface area contributed by atoms with Crippen LogP contribution in [0.5, 0.6) is 11.5 Å². The maximum absolute atomic E-state index is 13.2. The summed E-state index contributed by atoms with van der Waals surface area (Å²) in [5.74, 6) is 2.82. The van der Waals surface area contributed by atoms with Gasteiger partial charge in [-0.2, -0.15) is 0 Å². The molecule has 4 nitrogen and oxygen atoms in total. The lowest BCUT2D eigenvalue weighted by Gasteiger charge is -2.28. The molecule has 1 aliphatic heterocycles. The zero-order chi connectivity index (χ0) is 21.3. The molecule has 2 atom stereocenters. The molecule has 3 rings (SSSR count). The first kappa shape index (κ1) is 22.5. The SMILES string of the molecule is CCCC[C@@H](CC)C(=O)N1CCS[C@@H]1c1ccc(OC)c(OCc2ccccc2)c1. The van der Waals surface area contributed by atoms with Crippen molar-refractivity contribution in [2.75, 3.05) is 19.4 Å². The third-order valence-electron chi connectivity index (χ3n) is 5.63. The summed E-state index contributed by atoms with van der Waals surface area (Å²) >= 11 is 1.83. The average molecular weight is 428 g/mol. The molecule has 1 heterocycles. The van der Waals surface area contributed by atoms with Gasteiger partial charge in [-0.3, -0.25) is 4.79 Å². The molecule has 162 valence electrons. The minimum Gasteiger partial charge on any atom is -0.493 e. The van der Waals surface area contributed by atoms with Crippen LogP contribution in [0.4, 0.5) is 0 Å². The molecule has 0 radical (unpaired) electrons. The van der Waals surface area contributed by atoms with Crippen LogP contribution in [0.25, 0.3) is 0 Å². The van der Waals surface area contributed by atoms with Gasteiger partial charge in [-0.25, -0.2) is 0 Å². The molecule has 1 fully saturated rings. The van der Waals surface area contributed by atoms with E-state index in [2.05, 4.69) is 24.8 Å². The first-order valence-corrected chi connectivity index (χ1v) is 12.0. The minimum atomic E-state index is 0.0400. The maximum atomic E-state index is 13.2. The van der Waals surface area contributed by atoms with Gasteiger partial charge in [0.25, 0.3) is 0 Å². The Hall–Kier alpha value is -2.14. The Morgan fingerprint density at radius 2 is 1.97 bits per heavy atom. The van der Waals surface area contributed by atoms with Crippen LogP contribution in [0.15, 0.2) is 48.5 Å². The van der Waals surface area contributed by atoms with Crippen LogP contribution in [0.3, 0.4) is 0 Å². The van der Waals surface area contributed by atoms with Crippen LogP contribution < -0.4 is 9.47 Å². The molecule has 1 aliphatic rings. The number of methoxy groups -OCH3 is 1. The fourth-order valence-corrected chi connectivity index (χ4v) is 5.11. The van der Waals surface area contributed by atoms with Crippen LogP contribution in [0.2, 0.25) is 0 Å². The Bertz CT molecular complexity index is 811. The molecule has 30 heavy (non-hydrogen) atoms. The molecular formula is C25H33NO3S. The number of unbranched alkanes of at least 4 members (excludes halogenated alkanes) is 1. The number of nitrogens with zero attached hydrogens (tertiary/aromatic N) is 1. The molecule has 0 saturated carbocycles. The van der Waals surface area contributed by atoms with Crippen molar-refractivity contribution in [2.24, 2.45) is 5.92 Å². The molecule has 2 aromatic rings. The van der Waals surface area contributed by atoms with Gasteiger partial charge in [-0.05, 0) is 36.1 Å². The zero-order valence-electron chi connectivity index (χ0n) is 18.3. The third kappa shape index (κ3) is 5.51. The number of thioether (sulfide) groups is 1. The molecule has 1 saturated heterocycles. The van der Waals surface area contributed by atoms with Gasteiger partial charge >= 0.3 is 0 Å². The van der Waals surface area contributed by atoms with Crippen LogP contribution in [0.1, 0.15) is 56.0 Å². The summed E-state index contributed by atoms with van der Waals surface area (Å²) in [4.78, 5) is 15.3. The largest absolute Gasteiger partial charge is 0.493 e. The summed E-state index contributed by atoms with van der Waals surface area (Å²) in [6, 6.07) is 16.2. The summed E-state index contributed by atoms with van der Waals surface area (Å²) in [5, 5.41) is 0.0400. The van der Waals surface area contributed by atoms with Crippen molar-refractivity contribution in [3.8, 4) is 11.5 Å². The van der Waals surface area contributed by atoms with E-state index in [0.29, 0.717) is 18.3 Å². The highest BCUT2D eigenvalue weighted by molar-refractivity contribution is 7.99. The van der Waals surface area contributed by atoms with Crippen molar-refractivity contribution >= 4 is 17.7 Å². The predicted octanol–water partition coefficient (Wildman–Crippen LogP) is 6.06. The molecule has 0 N–H and O–H groups in total. The second-order valence-electron chi connectivity index (χ2n) is 7.69. The van der Waals surface area contributed by atoms with E-state index in [0.717, 1.165) is 54.9 Å². The Balaban J connectivity index is 1.77. The van der Waals surface area contributed by atoms with Crippen molar-refractivity contribution < 1.29 is 14.3 Å². The number of amides is 1. The minimum absolute atomic E-state index is 0.0400. The number of hydrogen-bond donors (Lipinski definition) is 0. The lowest BCUT2D eigenvalue weighted by Crippen LogP contribution is -2.35. The van der Waals surface area contributed by atoms with Gasteiger partial charge in [-0.15, -0.1) is 11.8 Å². The van der Waals surface area contributed by atoms with Crippen molar-refractivity contribution in [3.05, 3.63) is 59.7 Å². The molecule has 0 aromatic heterocycles. The number of rotatable bonds is 10. The molecule has 0 bridgehead atoms. The second-order valence-corrected chi connectivity index (χ2v) is 8.87. The lowest BCUT2D eigenvalue weighted by atomic mass is 9.97. The van der Waals surface area contributed by atoms with Gasteiger partial charge in [0.1, 0.15) is 12.0 Å². The zero-order valence-corrected chi connectivity index (χ0v) is 19.1. The number of carbonyl (C=O) groups excluding carboxylic acids is 1. The summed E-state index contributed by atoms with van der Waals surface area (Å²) in [5.41, 5.74) is 2.21. The first-order chi connectivity index (χ1) is 14.7. The molecule has 1 amide bonds. The van der Waals surface area contributed by atoms with Crippen molar-refractivity contribution in [1.29, 1.82) is 0 Å². The third-order valence-corrected chi connectivity index (χ3v) is 6.89. The van der Waals surface area contributed by atoms with Gasteiger partial charge in [0, 0.05) is 18.2 Å². The number of benzene rings is 2. The Kier molecular flexibility index (Phi) is 8.50. The Labute approximate surface area is 184 Å². The van der Waals surface area contributed by atoms with Crippen molar-refractivity contribution in [1.82, 2.24) is 4.90 Å². The van der Waals surface area contributed by atoms with Crippen molar-refractivity contribution in [3.63, 3.8) is 0 Å². The normalized spacial score (nSPS) is 17.0. The molecule has 0 unspecified atom stereocenters. The summed E-state index contributed by atoms with van der Waals surface area (Å²) in [6.45, 7) is 5.60. The van der Waals surface area contributed by atoms with Gasteiger partial charge < -0.3 is 14.4 Å². The second kappa shape index (κ2) is 11.3. The van der Waals surface area contributed by atoms with Gasteiger partial charge in [-0.1, -0.05) is 63.1 Å². The number of carbonyl (C=O) groups is 1. The van der Waals surface area contributed by atoms with E-state index in [1.165, 1.54) is 0 Å². The van der Waals surface area contributed by atoms with E-state index in [-0.39, 0.29) is 11.3 Å². The first-order valence-electron chi connectivity index (χ1n) is 10.9. The smallest absolute Gasteiger partial charge is 0.226 e. The number of hydrogen-bond acceptors (Lipinski definition) is 4. The lowest BCUT2D eigenvalue weighted by molar-refractivity contribution is -0.136. The summed E-state index contributed by atoms with van der Waals surface area (Å²) in [7, 11) is 1.66.